The van der Waals surface area contributed by atoms with E-state index in [0.717, 1.165) is 17.5 Å². The lowest BCUT2D eigenvalue weighted by atomic mass is 10.1. The summed E-state index contributed by atoms with van der Waals surface area (Å²) in [6.07, 6.45) is 1.14. The summed E-state index contributed by atoms with van der Waals surface area (Å²) in [5.41, 5.74) is 1.98. The van der Waals surface area contributed by atoms with Crippen LogP contribution in [0.2, 0.25) is 5.02 Å². The van der Waals surface area contributed by atoms with Crippen molar-refractivity contribution in [3.63, 3.8) is 0 Å². The van der Waals surface area contributed by atoms with Crippen molar-refractivity contribution in [2.75, 3.05) is 11.6 Å². The van der Waals surface area contributed by atoms with E-state index in [1.54, 1.807) is 25.1 Å². The van der Waals surface area contributed by atoms with Crippen molar-refractivity contribution < 1.29 is 12.8 Å². The van der Waals surface area contributed by atoms with E-state index < -0.39 is 9.84 Å². The van der Waals surface area contributed by atoms with E-state index in [9.17, 15) is 12.8 Å². The molecule has 0 radical (unpaired) electrons. The molecule has 112 valence electrons. The zero-order valence-electron chi connectivity index (χ0n) is 11.7. The first-order valence-corrected chi connectivity index (χ1v) is 8.53. The number of halogens is 2. The second-order valence-electron chi connectivity index (χ2n) is 4.80. The summed E-state index contributed by atoms with van der Waals surface area (Å²) < 4.78 is 36.7. The second kappa shape index (κ2) is 6.03. The van der Waals surface area contributed by atoms with E-state index >= 15 is 0 Å². The number of anilines is 1. The predicted octanol–water partition coefficient (Wildman–Crippen LogP) is 3.80. The molecule has 21 heavy (non-hydrogen) atoms. The van der Waals surface area contributed by atoms with Gasteiger partial charge in [-0.05, 0) is 42.8 Å². The van der Waals surface area contributed by atoms with Crippen molar-refractivity contribution >= 4 is 27.1 Å². The fourth-order valence-electron chi connectivity index (χ4n) is 2.07. The number of rotatable bonds is 4. The third-order valence-corrected chi connectivity index (χ3v) is 4.65. The molecule has 0 aliphatic heterocycles. The minimum atomic E-state index is -3.36. The molecule has 0 spiro atoms. The van der Waals surface area contributed by atoms with Gasteiger partial charge >= 0.3 is 0 Å². The first-order valence-electron chi connectivity index (χ1n) is 6.26. The van der Waals surface area contributed by atoms with Gasteiger partial charge in [-0.1, -0.05) is 17.7 Å². The molecule has 0 saturated carbocycles. The highest BCUT2D eigenvalue weighted by Crippen LogP contribution is 2.26. The minimum absolute atomic E-state index is 0.197. The average molecular weight is 328 g/mol. The van der Waals surface area contributed by atoms with Crippen LogP contribution in [0, 0.1) is 12.7 Å². The standard InChI is InChI=1S/C15H15ClFNO2S/c1-10-8-11(17)6-7-14(10)18-9-12-13(16)4-3-5-15(12)21(2,19)20/h3-8,18H,9H2,1-2H3. The fraction of sp³-hybridized carbons (Fsp3) is 0.200. The van der Waals surface area contributed by atoms with Gasteiger partial charge < -0.3 is 5.32 Å². The molecule has 2 aromatic carbocycles. The van der Waals surface area contributed by atoms with E-state index in [1.165, 1.54) is 18.2 Å². The van der Waals surface area contributed by atoms with Gasteiger partial charge in [0.05, 0.1) is 4.90 Å². The Morgan fingerprint density at radius 1 is 1.24 bits per heavy atom. The van der Waals surface area contributed by atoms with E-state index in [0.29, 0.717) is 10.6 Å². The van der Waals surface area contributed by atoms with Crippen LogP contribution >= 0.6 is 11.6 Å². The zero-order chi connectivity index (χ0) is 15.6. The molecule has 0 aliphatic carbocycles. The van der Waals surface area contributed by atoms with Crippen LogP contribution in [-0.2, 0) is 16.4 Å². The Morgan fingerprint density at radius 3 is 2.57 bits per heavy atom. The lowest BCUT2D eigenvalue weighted by Gasteiger charge is -2.13. The van der Waals surface area contributed by atoms with E-state index in [-0.39, 0.29) is 17.3 Å². The van der Waals surface area contributed by atoms with Crippen molar-refractivity contribution in [3.8, 4) is 0 Å². The molecule has 0 unspecified atom stereocenters. The van der Waals surface area contributed by atoms with Gasteiger partial charge in [0.2, 0.25) is 0 Å². The minimum Gasteiger partial charge on any atom is -0.381 e. The number of hydrogen-bond acceptors (Lipinski definition) is 3. The highest BCUT2D eigenvalue weighted by molar-refractivity contribution is 7.90. The molecule has 0 saturated heterocycles. The van der Waals surface area contributed by atoms with Crippen molar-refractivity contribution in [3.05, 3.63) is 58.4 Å². The molecule has 0 atom stereocenters. The van der Waals surface area contributed by atoms with Crippen LogP contribution in [0.5, 0.6) is 0 Å². The van der Waals surface area contributed by atoms with Crippen LogP contribution < -0.4 is 5.32 Å². The maximum Gasteiger partial charge on any atom is 0.175 e. The molecular weight excluding hydrogens is 313 g/mol. The van der Waals surface area contributed by atoms with Gasteiger partial charge in [0, 0.05) is 29.1 Å². The number of sulfone groups is 1. The molecule has 0 amide bonds. The highest BCUT2D eigenvalue weighted by Gasteiger charge is 2.15. The SMILES string of the molecule is Cc1cc(F)ccc1NCc1c(Cl)cccc1S(C)(=O)=O. The maximum absolute atomic E-state index is 13.1. The second-order valence-corrected chi connectivity index (χ2v) is 7.19. The van der Waals surface area contributed by atoms with E-state index in [1.807, 2.05) is 0 Å². The first kappa shape index (κ1) is 15.8. The topological polar surface area (TPSA) is 46.2 Å². The lowest BCUT2D eigenvalue weighted by Crippen LogP contribution is -2.08. The Hall–Kier alpha value is -1.59. The lowest BCUT2D eigenvalue weighted by molar-refractivity contribution is 0.601. The van der Waals surface area contributed by atoms with Gasteiger partial charge in [0.1, 0.15) is 5.82 Å². The van der Waals surface area contributed by atoms with Crippen LogP contribution in [0.15, 0.2) is 41.3 Å². The van der Waals surface area contributed by atoms with Gasteiger partial charge in [-0.25, -0.2) is 12.8 Å². The Balaban J connectivity index is 2.32. The van der Waals surface area contributed by atoms with Crippen molar-refractivity contribution in [2.24, 2.45) is 0 Å². The smallest absolute Gasteiger partial charge is 0.175 e. The normalized spacial score (nSPS) is 11.4. The van der Waals surface area contributed by atoms with Crippen molar-refractivity contribution in [1.82, 2.24) is 0 Å². The van der Waals surface area contributed by atoms with Crippen LogP contribution in [0.3, 0.4) is 0 Å². The summed E-state index contributed by atoms with van der Waals surface area (Å²) in [7, 11) is -3.36. The fourth-order valence-corrected chi connectivity index (χ4v) is 3.32. The van der Waals surface area contributed by atoms with Gasteiger partial charge in [0.25, 0.3) is 0 Å². The monoisotopic (exact) mass is 327 g/mol. The Morgan fingerprint density at radius 2 is 1.95 bits per heavy atom. The number of nitrogens with one attached hydrogen (secondary N) is 1. The molecule has 0 aliphatic rings. The summed E-state index contributed by atoms with van der Waals surface area (Å²) in [6, 6.07) is 9.14. The van der Waals surface area contributed by atoms with Crippen molar-refractivity contribution in [2.45, 2.75) is 18.4 Å². The third-order valence-electron chi connectivity index (χ3n) is 3.12. The molecule has 0 bridgehead atoms. The first-order chi connectivity index (χ1) is 9.79. The Labute approximate surface area is 128 Å². The molecule has 0 aromatic heterocycles. The number of benzene rings is 2. The summed E-state index contributed by atoms with van der Waals surface area (Å²) in [5, 5.41) is 3.47. The van der Waals surface area contributed by atoms with Gasteiger partial charge in [-0.2, -0.15) is 0 Å². The maximum atomic E-state index is 13.1. The number of hydrogen-bond donors (Lipinski definition) is 1. The molecule has 1 N–H and O–H groups in total. The quantitative estimate of drug-likeness (QED) is 0.929. The Bertz CT molecular complexity index is 775. The summed E-state index contributed by atoms with van der Waals surface area (Å²) >= 11 is 6.10. The highest BCUT2D eigenvalue weighted by atomic mass is 35.5. The predicted molar refractivity (Wildman–Crippen MR) is 83.0 cm³/mol. The van der Waals surface area contributed by atoms with Crippen LogP contribution in [0.1, 0.15) is 11.1 Å². The van der Waals surface area contributed by atoms with Crippen LogP contribution in [-0.4, -0.2) is 14.7 Å². The van der Waals surface area contributed by atoms with E-state index in [4.69, 9.17) is 11.6 Å². The molecule has 0 fully saturated rings. The summed E-state index contributed by atoms with van der Waals surface area (Å²) in [5.74, 6) is -0.312. The van der Waals surface area contributed by atoms with Crippen LogP contribution in [0.25, 0.3) is 0 Å². The molecule has 6 heteroatoms. The van der Waals surface area contributed by atoms with Gasteiger partial charge in [-0.15, -0.1) is 0 Å². The molecule has 0 heterocycles. The molecule has 2 rings (SSSR count). The number of aryl methyl sites for hydroxylation is 1. The van der Waals surface area contributed by atoms with Gasteiger partial charge in [0.15, 0.2) is 9.84 Å². The molecule has 3 nitrogen and oxygen atoms in total. The van der Waals surface area contributed by atoms with Crippen LogP contribution in [0.4, 0.5) is 10.1 Å². The summed E-state index contributed by atoms with van der Waals surface area (Å²) in [6.45, 7) is 2.02. The largest absolute Gasteiger partial charge is 0.381 e. The average Bonchev–Trinajstić information content (AvgIpc) is 2.37. The summed E-state index contributed by atoms with van der Waals surface area (Å²) in [4.78, 5) is 0.197. The molecular formula is C15H15ClFNO2S. The molecule has 2 aromatic rings. The van der Waals surface area contributed by atoms with Crippen molar-refractivity contribution in [1.29, 1.82) is 0 Å². The Kier molecular flexibility index (Phi) is 4.54. The van der Waals surface area contributed by atoms with E-state index in [2.05, 4.69) is 5.32 Å². The van der Waals surface area contributed by atoms with Gasteiger partial charge in [-0.3, -0.25) is 0 Å². The zero-order valence-corrected chi connectivity index (χ0v) is 13.2. The third kappa shape index (κ3) is 3.74.